The van der Waals surface area contributed by atoms with Crippen molar-refractivity contribution in [3.8, 4) is 0 Å². The fraction of sp³-hybridized carbons (Fsp3) is 0.688. The summed E-state index contributed by atoms with van der Waals surface area (Å²) in [5.74, 6) is -0.195. The molecule has 0 atom stereocenters. The van der Waals surface area contributed by atoms with E-state index in [4.69, 9.17) is 4.74 Å². The minimum Gasteiger partial charge on any atom is -0.379 e. The van der Waals surface area contributed by atoms with Gasteiger partial charge in [0.2, 0.25) is 11.8 Å². The first-order chi connectivity index (χ1) is 11.5. The molecule has 1 aliphatic heterocycles. The van der Waals surface area contributed by atoms with Gasteiger partial charge in [0, 0.05) is 30.9 Å². The van der Waals surface area contributed by atoms with Crippen molar-refractivity contribution >= 4 is 28.3 Å². The Kier molecular flexibility index (Phi) is 7.61. The average Bonchev–Trinajstić information content (AvgIpc) is 2.99. The second-order valence-electron chi connectivity index (χ2n) is 6.12. The summed E-state index contributed by atoms with van der Waals surface area (Å²) in [6, 6.07) is 0. The molecule has 0 saturated carbocycles. The van der Waals surface area contributed by atoms with Crippen molar-refractivity contribution in [2.75, 3.05) is 44.7 Å². The first kappa shape index (κ1) is 18.8. The first-order valence-corrected chi connectivity index (χ1v) is 9.24. The Morgan fingerprint density at radius 3 is 2.83 bits per heavy atom. The molecule has 8 heteroatoms. The maximum absolute atomic E-state index is 11.9. The van der Waals surface area contributed by atoms with Crippen molar-refractivity contribution in [1.82, 2.24) is 15.2 Å². The normalized spacial score (nSPS) is 15.5. The third-order valence-corrected chi connectivity index (χ3v) is 4.53. The molecular weight excluding hydrogens is 328 g/mol. The summed E-state index contributed by atoms with van der Waals surface area (Å²) in [6.45, 7) is 8.83. The quantitative estimate of drug-likeness (QED) is 0.684. The molecule has 2 N–H and O–H groups in total. The van der Waals surface area contributed by atoms with Gasteiger partial charge in [-0.15, -0.1) is 11.3 Å². The highest BCUT2D eigenvalue weighted by Gasteiger charge is 2.12. The van der Waals surface area contributed by atoms with E-state index in [-0.39, 0.29) is 24.2 Å². The number of thiazole rings is 1. The highest BCUT2D eigenvalue weighted by atomic mass is 32.1. The van der Waals surface area contributed by atoms with Crippen LogP contribution in [0.2, 0.25) is 0 Å². The van der Waals surface area contributed by atoms with Crippen LogP contribution in [0.4, 0.5) is 5.13 Å². The Hall–Kier alpha value is -1.51. The standard InChI is InChI=1S/C16H26N4O3S/c1-12(2)15(22)19-16-18-13(11-24-16)10-14(21)17-4-3-5-20-6-8-23-9-7-20/h11-12H,3-10H2,1-2H3,(H,17,21)(H,18,19,22). The summed E-state index contributed by atoms with van der Waals surface area (Å²) >= 11 is 1.34. The molecule has 7 nitrogen and oxygen atoms in total. The molecule has 2 rings (SSSR count). The molecule has 0 aromatic carbocycles. The van der Waals surface area contributed by atoms with Gasteiger partial charge in [-0.1, -0.05) is 13.8 Å². The molecule has 0 unspecified atom stereocenters. The summed E-state index contributed by atoms with van der Waals surface area (Å²) in [7, 11) is 0. The molecular formula is C16H26N4O3S. The van der Waals surface area contributed by atoms with Crippen molar-refractivity contribution in [2.24, 2.45) is 5.92 Å². The number of ether oxygens (including phenoxy) is 1. The second-order valence-corrected chi connectivity index (χ2v) is 6.98. The average molecular weight is 354 g/mol. The molecule has 1 saturated heterocycles. The fourth-order valence-electron chi connectivity index (χ4n) is 2.28. The SMILES string of the molecule is CC(C)C(=O)Nc1nc(CC(=O)NCCCN2CCOCC2)cs1. The van der Waals surface area contributed by atoms with Gasteiger partial charge in [-0.2, -0.15) is 0 Å². The number of hydrogen-bond acceptors (Lipinski definition) is 6. The van der Waals surface area contributed by atoms with Crippen LogP contribution in [0.1, 0.15) is 26.0 Å². The van der Waals surface area contributed by atoms with Gasteiger partial charge in [-0.25, -0.2) is 4.98 Å². The van der Waals surface area contributed by atoms with E-state index < -0.39 is 0 Å². The predicted octanol–water partition coefficient (Wildman–Crippen LogP) is 1.12. The van der Waals surface area contributed by atoms with Crippen LogP contribution in [0.25, 0.3) is 0 Å². The van der Waals surface area contributed by atoms with Crippen molar-refractivity contribution in [2.45, 2.75) is 26.7 Å². The zero-order valence-electron chi connectivity index (χ0n) is 14.3. The summed E-state index contributed by atoms with van der Waals surface area (Å²) in [4.78, 5) is 30.2. The van der Waals surface area contributed by atoms with Crippen molar-refractivity contribution in [1.29, 1.82) is 0 Å². The van der Waals surface area contributed by atoms with Gasteiger partial charge < -0.3 is 15.4 Å². The van der Waals surface area contributed by atoms with Gasteiger partial charge in [0.1, 0.15) is 0 Å². The lowest BCUT2D eigenvalue weighted by atomic mass is 10.2. The molecule has 2 heterocycles. The van der Waals surface area contributed by atoms with E-state index in [1.54, 1.807) is 0 Å². The molecule has 0 spiro atoms. The molecule has 24 heavy (non-hydrogen) atoms. The van der Waals surface area contributed by atoms with Gasteiger partial charge in [-0.3, -0.25) is 14.5 Å². The van der Waals surface area contributed by atoms with Crippen LogP contribution >= 0.6 is 11.3 Å². The molecule has 134 valence electrons. The van der Waals surface area contributed by atoms with Gasteiger partial charge in [0.25, 0.3) is 0 Å². The summed E-state index contributed by atoms with van der Waals surface area (Å²) in [5, 5.41) is 8.02. The van der Waals surface area contributed by atoms with E-state index in [2.05, 4.69) is 20.5 Å². The molecule has 1 aliphatic rings. The lowest BCUT2D eigenvalue weighted by molar-refractivity contribution is -0.120. The predicted molar refractivity (Wildman–Crippen MR) is 94.2 cm³/mol. The van der Waals surface area contributed by atoms with Crippen LogP contribution in [0.5, 0.6) is 0 Å². The highest BCUT2D eigenvalue weighted by Crippen LogP contribution is 2.16. The van der Waals surface area contributed by atoms with E-state index in [0.29, 0.717) is 17.4 Å². The van der Waals surface area contributed by atoms with Gasteiger partial charge >= 0.3 is 0 Å². The number of nitrogens with one attached hydrogen (secondary N) is 2. The number of morpholine rings is 1. The zero-order chi connectivity index (χ0) is 17.4. The topological polar surface area (TPSA) is 83.6 Å². The van der Waals surface area contributed by atoms with Crippen LogP contribution < -0.4 is 10.6 Å². The van der Waals surface area contributed by atoms with E-state index in [9.17, 15) is 9.59 Å². The van der Waals surface area contributed by atoms with Crippen LogP contribution in [0.15, 0.2) is 5.38 Å². The first-order valence-electron chi connectivity index (χ1n) is 8.36. The maximum atomic E-state index is 11.9. The van der Waals surface area contributed by atoms with Gasteiger partial charge in [0.05, 0.1) is 25.3 Å². The number of carbonyl (C=O) groups is 2. The summed E-state index contributed by atoms with van der Waals surface area (Å²) in [6.07, 6.45) is 1.17. The number of hydrogen-bond donors (Lipinski definition) is 2. The maximum Gasteiger partial charge on any atom is 0.228 e. The van der Waals surface area contributed by atoms with Crippen LogP contribution in [-0.4, -0.2) is 61.1 Å². The Balaban J connectivity index is 1.63. The van der Waals surface area contributed by atoms with Gasteiger partial charge in [0.15, 0.2) is 5.13 Å². The zero-order valence-corrected chi connectivity index (χ0v) is 15.2. The molecule has 1 aromatic rings. The highest BCUT2D eigenvalue weighted by molar-refractivity contribution is 7.13. The summed E-state index contributed by atoms with van der Waals surface area (Å²) in [5.41, 5.74) is 0.685. The van der Waals surface area contributed by atoms with Gasteiger partial charge in [-0.05, 0) is 13.0 Å². The Morgan fingerprint density at radius 2 is 2.12 bits per heavy atom. The van der Waals surface area contributed by atoms with Crippen molar-refractivity contribution in [3.63, 3.8) is 0 Å². The third kappa shape index (κ3) is 6.54. The van der Waals surface area contributed by atoms with E-state index in [0.717, 1.165) is 39.3 Å². The number of anilines is 1. The Morgan fingerprint density at radius 1 is 1.38 bits per heavy atom. The third-order valence-electron chi connectivity index (χ3n) is 3.72. The monoisotopic (exact) mass is 354 g/mol. The van der Waals surface area contributed by atoms with Crippen LogP contribution in [0, 0.1) is 5.92 Å². The lowest BCUT2D eigenvalue weighted by Gasteiger charge is -2.26. The number of amides is 2. The molecule has 0 aliphatic carbocycles. The number of rotatable bonds is 8. The number of nitrogens with zero attached hydrogens (tertiary/aromatic N) is 2. The largest absolute Gasteiger partial charge is 0.379 e. The molecule has 2 amide bonds. The van der Waals surface area contributed by atoms with Crippen molar-refractivity contribution in [3.05, 3.63) is 11.1 Å². The second kappa shape index (κ2) is 9.71. The van der Waals surface area contributed by atoms with E-state index in [1.165, 1.54) is 11.3 Å². The minimum absolute atomic E-state index is 0.0380. The van der Waals surface area contributed by atoms with E-state index >= 15 is 0 Å². The summed E-state index contributed by atoms with van der Waals surface area (Å²) < 4.78 is 5.31. The minimum atomic E-state index is -0.0906. The Labute approximate surface area is 146 Å². The van der Waals surface area contributed by atoms with E-state index in [1.807, 2.05) is 19.2 Å². The smallest absolute Gasteiger partial charge is 0.228 e. The van der Waals surface area contributed by atoms with Crippen molar-refractivity contribution < 1.29 is 14.3 Å². The number of carbonyl (C=O) groups excluding carboxylic acids is 2. The number of aromatic nitrogens is 1. The van der Waals surface area contributed by atoms with Crippen LogP contribution in [0.3, 0.4) is 0 Å². The van der Waals surface area contributed by atoms with Crippen LogP contribution in [-0.2, 0) is 20.7 Å². The fourth-order valence-corrected chi connectivity index (χ4v) is 2.99. The molecule has 1 aromatic heterocycles. The molecule has 0 radical (unpaired) electrons. The molecule has 0 bridgehead atoms. The Bertz CT molecular complexity index is 541. The lowest BCUT2D eigenvalue weighted by Crippen LogP contribution is -2.38. The molecule has 1 fully saturated rings.